The normalized spacial score (nSPS) is 21.3. The van der Waals surface area contributed by atoms with Gasteiger partial charge in [0, 0.05) is 38.8 Å². The average Bonchev–Trinajstić information content (AvgIpc) is 2.92. The number of hydrogen-bond donors (Lipinski definition) is 2. The minimum absolute atomic E-state index is 0.00967. The lowest BCUT2D eigenvalue weighted by atomic mass is 9.82. The first-order chi connectivity index (χ1) is 18.0. The predicted molar refractivity (Wildman–Crippen MR) is 140 cm³/mol. The second kappa shape index (κ2) is 13.0. The second-order valence-corrected chi connectivity index (χ2v) is 9.55. The minimum Gasteiger partial charge on any atom is -0.497 e. The van der Waals surface area contributed by atoms with Gasteiger partial charge in [0.15, 0.2) is 0 Å². The molecule has 0 spiro atoms. The fourth-order valence-electron chi connectivity index (χ4n) is 5.31. The highest BCUT2D eigenvalue weighted by Gasteiger charge is 2.39. The van der Waals surface area contributed by atoms with Crippen molar-refractivity contribution < 1.29 is 34.0 Å². The van der Waals surface area contributed by atoms with Crippen LogP contribution < -0.4 is 14.4 Å². The summed E-state index contributed by atoms with van der Waals surface area (Å²) in [5.41, 5.74) is 3.13. The SMILES string of the molecule is COCCCN1CCOc2ccc(CO[C@H]3CN(C(=O)O)[C@H](CCO)C[C@@H]3c3ccc(OC)cc3)cc21. The number of nitrogens with zero attached hydrogens (tertiary/aromatic N) is 2. The van der Waals surface area contributed by atoms with Crippen molar-refractivity contribution in [1.29, 1.82) is 0 Å². The number of likely N-dealkylation sites (tertiary alicyclic amines) is 1. The number of rotatable bonds is 11. The van der Waals surface area contributed by atoms with Crippen molar-refractivity contribution in [3.8, 4) is 11.5 Å². The number of carbonyl (C=O) groups is 1. The zero-order valence-corrected chi connectivity index (χ0v) is 21.7. The molecular formula is C28H38N2O7. The summed E-state index contributed by atoms with van der Waals surface area (Å²) >= 11 is 0. The van der Waals surface area contributed by atoms with Crippen LogP contribution in [0, 0.1) is 0 Å². The summed E-state index contributed by atoms with van der Waals surface area (Å²) in [7, 11) is 3.34. The summed E-state index contributed by atoms with van der Waals surface area (Å²) in [6, 6.07) is 13.7. The Morgan fingerprint density at radius 3 is 2.68 bits per heavy atom. The van der Waals surface area contributed by atoms with E-state index in [-0.39, 0.29) is 31.2 Å². The molecule has 9 nitrogen and oxygen atoms in total. The molecule has 0 bridgehead atoms. The Kier molecular flexibility index (Phi) is 9.49. The third kappa shape index (κ3) is 6.66. The van der Waals surface area contributed by atoms with Gasteiger partial charge in [-0.1, -0.05) is 18.2 Å². The lowest BCUT2D eigenvalue weighted by molar-refractivity contribution is -0.0393. The molecule has 2 heterocycles. The summed E-state index contributed by atoms with van der Waals surface area (Å²) < 4.78 is 22.8. The lowest BCUT2D eigenvalue weighted by Gasteiger charge is -2.43. The molecule has 2 aliphatic heterocycles. The van der Waals surface area contributed by atoms with Gasteiger partial charge in [-0.05, 0) is 54.7 Å². The van der Waals surface area contributed by atoms with Crippen LogP contribution >= 0.6 is 0 Å². The topological polar surface area (TPSA) is 101 Å². The van der Waals surface area contributed by atoms with E-state index < -0.39 is 6.09 Å². The van der Waals surface area contributed by atoms with Crippen molar-refractivity contribution in [2.75, 3.05) is 58.6 Å². The van der Waals surface area contributed by atoms with Gasteiger partial charge < -0.3 is 39.0 Å². The quantitative estimate of drug-likeness (QED) is 0.438. The summed E-state index contributed by atoms with van der Waals surface area (Å²) in [4.78, 5) is 15.8. The van der Waals surface area contributed by atoms with E-state index in [1.54, 1.807) is 14.2 Å². The molecule has 2 aromatic rings. The van der Waals surface area contributed by atoms with Gasteiger partial charge in [0.1, 0.15) is 18.1 Å². The highest BCUT2D eigenvalue weighted by Crippen LogP contribution is 2.37. The molecule has 0 radical (unpaired) electrons. The number of carboxylic acid groups (broad SMARTS) is 1. The summed E-state index contributed by atoms with van der Waals surface area (Å²) in [6.45, 7) is 3.61. The second-order valence-electron chi connectivity index (χ2n) is 9.55. The summed E-state index contributed by atoms with van der Waals surface area (Å²) in [5, 5.41) is 19.4. The van der Waals surface area contributed by atoms with E-state index in [1.165, 1.54) is 4.90 Å². The molecule has 0 aliphatic carbocycles. The van der Waals surface area contributed by atoms with Crippen LogP contribution in [-0.4, -0.2) is 87.0 Å². The first-order valence-electron chi connectivity index (χ1n) is 12.9. The number of hydrogen-bond acceptors (Lipinski definition) is 7. The van der Waals surface area contributed by atoms with Crippen LogP contribution in [0.2, 0.25) is 0 Å². The Hall–Kier alpha value is -3.01. The third-order valence-electron chi connectivity index (χ3n) is 7.27. The number of methoxy groups -OCH3 is 2. The zero-order valence-electron chi connectivity index (χ0n) is 21.7. The molecule has 202 valence electrons. The third-order valence-corrected chi connectivity index (χ3v) is 7.27. The number of ether oxygens (including phenoxy) is 4. The maximum absolute atomic E-state index is 12.0. The van der Waals surface area contributed by atoms with E-state index in [4.69, 9.17) is 18.9 Å². The number of amides is 1. The Balaban J connectivity index is 1.52. The molecule has 3 atom stereocenters. The van der Waals surface area contributed by atoms with Crippen molar-refractivity contribution in [3.05, 3.63) is 53.6 Å². The van der Waals surface area contributed by atoms with Crippen molar-refractivity contribution in [2.45, 2.75) is 43.9 Å². The molecule has 4 rings (SSSR count). The summed E-state index contributed by atoms with van der Waals surface area (Å²) in [6.07, 6.45) is 0.592. The molecule has 0 aromatic heterocycles. The van der Waals surface area contributed by atoms with E-state index in [1.807, 2.05) is 36.4 Å². The van der Waals surface area contributed by atoms with E-state index >= 15 is 0 Å². The van der Waals surface area contributed by atoms with Gasteiger partial charge in [-0.3, -0.25) is 0 Å². The van der Waals surface area contributed by atoms with Crippen LogP contribution in [0.3, 0.4) is 0 Å². The first kappa shape index (κ1) is 27.0. The summed E-state index contributed by atoms with van der Waals surface area (Å²) in [5.74, 6) is 1.62. The first-order valence-corrected chi connectivity index (χ1v) is 12.9. The molecule has 37 heavy (non-hydrogen) atoms. The maximum atomic E-state index is 12.0. The Labute approximate surface area is 218 Å². The van der Waals surface area contributed by atoms with Crippen molar-refractivity contribution in [3.63, 3.8) is 0 Å². The Morgan fingerprint density at radius 2 is 1.97 bits per heavy atom. The van der Waals surface area contributed by atoms with Crippen LogP contribution in [-0.2, 0) is 16.1 Å². The lowest BCUT2D eigenvalue weighted by Crippen LogP contribution is -2.52. The van der Waals surface area contributed by atoms with E-state index in [2.05, 4.69) is 11.0 Å². The van der Waals surface area contributed by atoms with Gasteiger partial charge in [-0.15, -0.1) is 0 Å². The molecule has 9 heteroatoms. The number of benzene rings is 2. The monoisotopic (exact) mass is 514 g/mol. The number of aliphatic hydroxyl groups is 1. The van der Waals surface area contributed by atoms with E-state index in [0.29, 0.717) is 32.7 Å². The van der Waals surface area contributed by atoms with Gasteiger partial charge in [0.25, 0.3) is 0 Å². The Morgan fingerprint density at radius 1 is 1.16 bits per heavy atom. The molecule has 0 saturated carbocycles. The molecule has 0 unspecified atom stereocenters. The average molecular weight is 515 g/mol. The van der Waals surface area contributed by atoms with Crippen LogP contribution in [0.5, 0.6) is 11.5 Å². The van der Waals surface area contributed by atoms with Gasteiger partial charge in [-0.25, -0.2) is 4.79 Å². The van der Waals surface area contributed by atoms with Gasteiger partial charge in [-0.2, -0.15) is 0 Å². The standard InChI is InChI=1S/C28H38N2O7/c1-34-14-3-11-29-12-15-36-26-9-4-20(16-25(26)29)19-37-27-18-30(28(32)33)22(10-13-31)17-24(27)21-5-7-23(35-2)8-6-21/h4-9,16,22,24,27,31H,3,10-15,17-19H2,1-2H3,(H,32,33)/t22-,24-,27+/m1/s1. The van der Waals surface area contributed by atoms with E-state index in [0.717, 1.165) is 47.8 Å². The van der Waals surface area contributed by atoms with Crippen LogP contribution in [0.25, 0.3) is 0 Å². The molecular weight excluding hydrogens is 476 g/mol. The van der Waals surface area contributed by atoms with E-state index in [9.17, 15) is 15.0 Å². The molecule has 1 fully saturated rings. The highest BCUT2D eigenvalue weighted by atomic mass is 16.5. The van der Waals surface area contributed by atoms with Crippen molar-refractivity contribution >= 4 is 11.8 Å². The van der Waals surface area contributed by atoms with Gasteiger partial charge in [0.05, 0.1) is 38.6 Å². The number of anilines is 1. The van der Waals surface area contributed by atoms with Crippen LogP contribution in [0.1, 0.15) is 36.3 Å². The molecule has 1 amide bonds. The van der Waals surface area contributed by atoms with Crippen LogP contribution in [0.4, 0.5) is 10.5 Å². The molecule has 2 aromatic carbocycles. The predicted octanol–water partition coefficient (Wildman–Crippen LogP) is 3.73. The molecule has 2 N–H and O–H groups in total. The van der Waals surface area contributed by atoms with Crippen molar-refractivity contribution in [2.24, 2.45) is 0 Å². The smallest absolute Gasteiger partial charge is 0.407 e. The molecule has 2 aliphatic rings. The maximum Gasteiger partial charge on any atom is 0.407 e. The number of aliphatic hydroxyl groups excluding tert-OH is 1. The largest absolute Gasteiger partial charge is 0.497 e. The Bertz CT molecular complexity index is 1020. The number of fused-ring (bicyclic) bond motifs is 1. The van der Waals surface area contributed by atoms with Crippen molar-refractivity contribution in [1.82, 2.24) is 4.90 Å². The van der Waals surface area contributed by atoms with Gasteiger partial charge in [0.2, 0.25) is 0 Å². The minimum atomic E-state index is -0.988. The van der Waals surface area contributed by atoms with Crippen LogP contribution in [0.15, 0.2) is 42.5 Å². The number of piperidine rings is 1. The fourth-order valence-corrected chi connectivity index (χ4v) is 5.31. The molecule has 1 saturated heterocycles. The zero-order chi connectivity index (χ0) is 26.2. The highest BCUT2D eigenvalue weighted by molar-refractivity contribution is 5.66. The fraction of sp³-hybridized carbons (Fsp3) is 0.536. The van der Waals surface area contributed by atoms with Gasteiger partial charge >= 0.3 is 6.09 Å².